The minimum Gasteiger partial charge on any atom is -0.493 e. The maximum Gasteiger partial charge on any atom is 0.167 e. The molecule has 0 atom stereocenters. The molecule has 0 amide bonds. The number of halogens is 1. The van der Waals surface area contributed by atoms with Gasteiger partial charge in [-0.15, -0.1) is 0 Å². The highest BCUT2D eigenvalue weighted by Crippen LogP contribution is 2.38. The molecule has 0 unspecified atom stereocenters. The Morgan fingerprint density at radius 1 is 1.39 bits per heavy atom. The number of ether oxygens (including phenoxy) is 2. The number of hydroxylamine groups is 1. The van der Waals surface area contributed by atoms with Crippen molar-refractivity contribution in [1.82, 2.24) is 5.48 Å². The third kappa shape index (κ3) is 2.88. The predicted octanol–water partition coefficient (Wildman–Crippen LogP) is 3.15. The van der Waals surface area contributed by atoms with E-state index in [0.29, 0.717) is 16.5 Å². The van der Waals surface area contributed by atoms with Crippen LogP contribution in [0, 0.1) is 0 Å². The Hall–Kier alpha value is -0.970. The fourth-order valence-electron chi connectivity index (χ4n) is 2.29. The maximum absolute atomic E-state index is 8.89. The summed E-state index contributed by atoms with van der Waals surface area (Å²) in [4.78, 5) is 0. The van der Waals surface area contributed by atoms with Crippen molar-refractivity contribution in [2.45, 2.75) is 38.3 Å². The molecule has 1 saturated carbocycles. The van der Waals surface area contributed by atoms with Gasteiger partial charge >= 0.3 is 0 Å². The average Bonchev–Trinajstić information content (AvgIpc) is 2.87. The van der Waals surface area contributed by atoms with Gasteiger partial charge in [0.05, 0.1) is 19.8 Å². The largest absolute Gasteiger partial charge is 0.493 e. The summed E-state index contributed by atoms with van der Waals surface area (Å²) in [6.45, 7) is 0.234. The lowest BCUT2D eigenvalue weighted by Gasteiger charge is -2.19. The molecule has 1 aromatic rings. The second-order valence-electron chi connectivity index (χ2n) is 4.42. The molecule has 100 valence electrons. The van der Waals surface area contributed by atoms with E-state index < -0.39 is 0 Å². The number of methoxy groups -OCH3 is 1. The lowest BCUT2D eigenvalue weighted by Crippen LogP contribution is -2.15. The van der Waals surface area contributed by atoms with Gasteiger partial charge in [-0.25, -0.2) is 5.48 Å². The molecular weight excluding hydrogens is 254 g/mol. The molecule has 0 heterocycles. The van der Waals surface area contributed by atoms with Crippen LogP contribution < -0.4 is 15.0 Å². The average molecular weight is 272 g/mol. The lowest BCUT2D eigenvalue weighted by atomic mass is 10.1. The molecule has 0 radical (unpaired) electrons. The van der Waals surface area contributed by atoms with Crippen LogP contribution in [0.3, 0.4) is 0 Å². The first-order valence-corrected chi connectivity index (χ1v) is 6.53. The highest BCUT2D eigenvalue weighted by atomic mass is 35.5. The highest BCUT2D eigenvalue weighted by Gasteiger charge is 2.21. The van der Waals surface area contributed by atoms with Crippen molar-refractivity contribution in [2.24, 2.45) is 0 Å². The van der Waals surface area contributed by atoms with Gasteiger partial charge in [0, 0.05) is 10.6 Å². The van der Waals surface area contributed by atoms with Gasteiger partial charge in [-0.05, 0) is 37.8 Å². The van der Waals surface area contributed by atoms with Gasteiger partial charge in [0.25, 0.3) is 0 Å². The summed E-state index contributed by atoms with van der Waals surface area (Å²) in [6, 6.07) is 3.53. The lowest BCUT2D eigenvalue weighted by molar-refractivity contribution is 0.155. The quantitative estimate of drug-likeness (QED) is 0.808. The van der Waals surface area contributed by atoms with Crippen molar-refractivity contribution in [3.63, 3.8) is 0 Å². The van der Waals surface area contributed by atoms with Crippen LogP contribution >= 0.6 is 11.6 Å². The molecule has 1 fully saturated rings. The molecular formula is C13H18ClNO3. The standard InChI is InChI=1S/C13H18ClNO3/c1-17-12-7-6-11(14)10(8-15-16)13(12)18-9-4-2-3-5-9/h6-7,9,15-16H,2-5,8H2,1H3. The Balaban J connectivity index is 2.30. The van der Waals surface area contributed by atoms with Gasteiger partial charge in [0.2, 0.25) is 0 Å². The zero-order valence-electron chi connectivity index (χ0n) is 10.4. The summed E-state index contributed by atoms with van der Waals surface area (Å²) in [7, 11) is 1.60. The monoisotopic (exact) mass is 271 g/mol. The van der Waals surface area contributed by atoms with E-state index in [4.69, 9.17) is 26.3 Å². The van der Waals surface area contributed by atoms with Gasteiger partial charge in [-0.2, -0.15) is 0 Å². The van der Waals surface area contributed by atoms with Crippen molar-refractivity contribution >= 4 is 11.6 Å². The molecule has 1 aliphatic rings. The van der Waals surface area contributed by atoms with Crippen molar-refractivity contribution in [2.75, 3.05) is 7.11 Å². The van der Waals surface area contributed by atoms with E-state index in [2.05, 4.69) is 5.48 Å². The van der Waals surface area contributed by atoms with Crippen LogP contribution in [0.15, 0.2) is 12.1 Å². The molecule has 18 heavy (non-hydrogen) atoms. The van der Waals surface area contributed by atoms with Crippen molar-refractivity contribution in [3.05, 3.63) is 22.7 Å². The highest BCUT2D eigenvalue weighted by molar-refractivity contribution is 6.31. The van der Waals surface area contributed by atoms with Crippen LogP contribution in [0.25, 0.3) is 0 Å². The van der Waals surface area contributed by atoms with Gasteiger partial charge in [-0.1, -0.05) is 11.6 Å². The molecule has 2 rings (SSSR count). The zero-order chi connectivity index (χ0) is 13.0. The topological polar surface area (TPSA) is 50.7 Å². The van der Waals surface area contributed by atoms with Crippen molar-refractivity contribution < 1.29 is 14.7 Å². The van der Waals surface area contributed by atoms with Gasteiger partial charge in [0.15, 0.2) is 11.5 Å². The van der Waals surface area contributed by atoms with Crippen molar-refractivity contribution in [1.29, 1.82) is 0 Å². The van der Waals surface area contributed by atoms with E-state index >= 15 is 0 Å². The van der Waals surface area contributed by atoms with E-state index in [1.165, 1.54) is 12.8 Å². The number of rotatable bonds is 5. The first-order valence-electron chi connectivity index (χ1n) is 6.15. The van der Waals surface area contributed by atoms with Crippen LogP contribution in [-0.4, -0.2) is 18.4 Å². The second kappa shape index (κ2) is 6.27. The number of hydrogen-bond acceptors (Lipinski definition) is 4. The molecule has 1 aliphatic carbocycles. The van der Waals surface area contributed by atoms with E-state index in [-0.39, 0.29) is 12.6 Å². The summed E-state index contributed by atoms with van der Waals surface area (Å²) < 4.78 is 11.3. The number of benzene rings is 1. The molecule has 0 bridgehead atoms. The summed E-state index contributed by atoms with van der Waals surface area (Å²) >= 11 is 6.14. The van der Waals surface area contributed by atoms with Crippen LogP contribution in [0.2, 0.25) is 5.02 Å². The van der Waals surface area contributed by atoms with E-state index in [1.807, 2.05) is 0 Å². The number of hydrogen-bond donors (Lipinski definition) is 2. The first-order chi connectivity index (χ1) is 8.76. The second-order valence-corrected chi connectivity index (χ2v) is 4.82. The molecule has 0 aliphatic heterocycles. The number of nitrogens with one attached hydrogen (secondary N) is 1. The summed E-state index contributed by atoms with van der Waals surface area (Å²) in [5.74, 6) is 1.29. The Bertz CT molecular complexity index is 405. The Morgan fingerprint density at radius 2 is 2.11 bits per heavy atom. The maximum atomic E-state index is 8.89. The summed E-state index contributed by atoms with van der Waals surface area (Å²) in [5.41, 5.74) is 2.85. The molecule has 0 aromatic heterocycles. The predicted molar refractivity (Wildman–Crippen MR) is 69.5 cm³/mol. The Morgan fingerprint density at radius 3 is 2.72 bits per heavy atom. The fraction of sp³-hybridized carbons (Fsp3) is 0.538. The first kappa shape index (κ1) is 13.5. The summed E-state index contributed by atoms with van der Waals surface area (Å²) in [5, 5.41) is 9.45. The molecule has 4 nitrogen and oxygen atoms in total. The van der Waals surface area contributed by atoms with Crippen molar-refractivity contribution in [3.8, 4) is 11.5 Å². The SMILES string of the molecule is COc1ccc(Cl)c(CNO)c1OC1CCCC1. The molecule has 0 saturated heterocycles. The van der Waals surface area contributed by atoms with Gasteiger partial charge in [-0.3, -0.25) is 0 Å². The van der Waals surface area contributed by atoms with Crippen LogP contribution in [0.1, 0.15) is 31.2 Å². The molecule has 0 spiro atoms. The minimum atomic E-state index is 0.217. The van der Waals surface area contributed by atoms with Crippen LogP contribution in [0.4, 0.5) is 0 Å². The van der Waals surface area contributed by atoms with E-state index in [0.717, 1.165) is 18.4 Å². The van der Waals surface area contributed by atoms with Gasteiger partial charge < -0.3 is 14.7 Å². The zero-order valence-corrected chi connectivity index (χ0v) is 11.2. The summed E-state index contributed by atoms with van der Waals surface area (Å²) in [6.07, 6.45) is 4.72. The van der Waals surface area contributed by atoms with Crippen LogP contribution in [0.5, 0.6) is 11.5 Å². The Kier molecular flexibility index (Phi) is 4.69. The third-order valence-corrected chi connectivity index (χ3v) is 3.58. The molecule has 1 aromatic carbocycles. The molecule has 2 N–H and O–H groups in total. The normalized spacial score (nSPS) is 15.9. The molecule has 5 heteroatoms. The fourth-order valence-corrected chi connectivity index (χ4v) is 2.50. The van der Waals surface area contributed by atoms with Crippen LogP contribution in [-0.2, 0) is 6.54 Å². The van der Waals surface area contributed by atoms with E-state index in [1.54, 1.807) is 19.2 Å². The van der Waals surface area contributed by atoms with E-state index in [9.17, 15) is 0 Å². The Labute approximate surface area is 112 Å². The van der Waals surface area contributed by atoms with Gasteiger partial charge in [0.1, 0.15) is 0 Å². The smallest absolute Gasteiger partial charge is 0.167 e. The third-order valence-electron chi connectivity index (χ3n) is 3.23. The minimum absolute atomic E-state index is 0.217.